The molecule has 1 aliphatic heterocycles. The van der Waals surface area contributed by atoms with E-state index in [1.54, 1.807) is 23.3 Å². The summed E-state index contributed by atoms with van der Waals surface area (Å²) in [6, 6.07) is 9.39. The van der Waals surface area contributed by atoms with E-state index in [0.717, 1.165) is 17.7 Å². The summed E-state index contributed by atoms with van der Waals surface area (Å²) in [5, 5.41) is 2.07. The number of carbonyl (C=O) groups is 2. The molecule has 0 saturated heterocycles. The van der Waals surface area contributed by atoms with E-state index in [1.165, 1.54) is 4.88 Å². The minimum atomic E-state index is -0.182. The number of amides is 2. The molecule has 174 valence electrons. The highest BCUT2D eigenvalue weighted by Gasteiger charge is 2.34. The van der Waals surface area contributed by atoms with Gasteiger partial charge in [0.15, 0.2) is 0 Å². The third kappa shape index (κ3) is 5.82. The van der Waals surface area contributed by atoms with E-state index in [1.807, 2.05) is 43.0 Å². The van der Waals surface area contributed by atoms with Gasteiger partial charge >= 0.3 is 0 Å². The third-order valence-electron chi connectivity index (χ3n) is 5.58. The van der Waals surface area contributed by atoms with Crippen LogP contribution in [0.2, 0.25) is 0 Å². The maximum Gasteiger partial charge on any atom is 0.242 e. The molecule has 2 heterocycles. The number of rotatable bonds is 9. The van der Waals surface area contributed by atoms with Crippen molar-refractivity contribution in [3.8, 4) is 11.5 Å². The van der Waals surface area contributed by atoms with Gasteiger partial charge in [-0.1, -0.05) is 33.8 Å². The smallest absolute Gasteiger partial charge is 0.242 e. The summed E-state index contributed by atoms with van der Waals surface area (Å²) in [5.74, 6) is 1.57. The lowest BCUT2D eigenvalue weighted by Gasteiger charge is -2.37. The van der Waals surface area contributed by atoms with E-state index >= 15 is 0 Å². The number of hydrogen-bond acceptors (Lipinski definition) is 5. The summed E-state index contributed by atoms with van der Waals surface area (Å²) in [6.45, 7) is 9.54. The fraction of sp³-hybridized carbons (Fsp3) is 0.520. The van der Waals surface area contributed by atoms with Gasteiger partial charge in [0, 0.05) is 30.0 Å². The Balaban J connectivity index is 1.78. The summed E-state index contributed by atoms with van der Waals surface area (Å²) in [7, 11) is 1.62. The Kier molecular flexibility index (Phi) is 8.18. The monoisotopic (exact) mass is 458 g/mol. The van der Waals surface area contributed by atoms with Crippen LogP contribution in [-0.4, -0.2) is 55.0 Å². The van der Waals surface area contributed by atoms with Gasteiger partial charge in [0.2, 0.25) is 11.8 Å². The number of carbonyl (C=O) groups excluding carboxylic acids is 2. The van der Waals surface area contributed by atoms with E-state index < -0.39 is 0 Å². The Morgan fingerprint density at radius 2 is 1.94 bits per heavy atom. The SMILES string of the molecule is COc1cccc(OC[C@H]2c3ccsc3CCN2C(=O)CN(CC(C)C)C(=O)C(C)C)c1. The first-order valence-corrected chi connectivity index (χ1v) is 12.1. The average Bonchev–Trinajstić information content (AvgIpc) is 3.25. The molecule has 7 heteroatoms. The molecule has 2 amide bonds. The van der Waals surface area contributed by atoms with Crippen LogP contribution < -0.4 is 9.47 Å². The van der Waals surface area contributed by atoms with Crippen LogP contribution in [0.25, 0.3) is 0 Å². The molecule has 1 atom stereocenters. The fourth-order valence-corrected chi connectivity index (χ4v) is 4.96. The molecule has 0 N–H and O–H groups in total. The molecular weight excluding hydrogens is 424 g/mol. The molecule has 0 radical (unpaired) electrons. The minimum Gasteiger partial charge on any atom is -0.497 e. The van der Waals surface area contributed by atoms with Crippen LogP contribution in [0.3, 0.4) is 0 Å². The number of methoxy groups -OCH3 is 1. The molecule has 0 fully saturated rings. The van der Waals surface area contributed by atoms with Gasteiger partial charge in [-0.3, -0.25) is 9.59 Å². The summed E-state index contributed by atoms with van der Waals surface area (Å²) in [4.78, 5) is 31.0. The van der Waals surface area contributed by atoms with Gasteiger partial charge in [0.25, 0.3) is 0 Å². The molecular formula is C25H34N2O4S. The van der Waals surface area contributed by atoms with Crippen molar-refractivity contribution in [2.45, 2.75) is 40.2 Å². The maximum atomic E-state index is 13.4. The van der Waals surface area contributed by atoms with Crippen molar-refractivity contribution in [1.29, 1.82) is 0 Å². The van der Waals surface area contributed by atoms with Gasteiger partial charge in [-0.2, -0.15) is 0 Å². The van der Waals surface area contributed by atoms with E-state index in [0.29, 0.717) is 31.4 Å². The average molecular weight is 459 g/mol. The largest absolute Gasteiger partial charge is 0.497 e. The van der Waals surface area contributed by atoms with Crippen LogP contribution in [0.5, 0.6) is 11.5 Å². The molecule has 1 aromatic carbocycles. The van der Waals surface area contributed by atoms with Gasteiger partial charge in [-0.05, 0) is 41.5 Å². The third-order valence-corrected chi connectivity index (χ3v) is 6.58. The number of ether oxygens (including phenoxy) is 2. The summed E-state index contributed by atoms with van der Waals surface area (Å²) >= 11 is 1.72. The van der Waals surface area contributed by atoms with Gasteiger partial charge < -0.3 is 19.3 Å². The first-order valence-electron chi connectivity index (χ1n) is 11.2. The topological polar surface area (TPSA) is 59.1 Å². The molecule has 1 aromatic heterocycles. The van der Waals surface area contributed by atoms with Crippen LogP contribution >= 0.6 is 11.3 Å². The van der Waals surface area contributed by atoms with Crippen LogP contribution in [-0.2, 0) is 16.0 Å². The zero-order valence-electron chi connectivity index (χ0n) is 19.7. The number of benzene rings is 1. The molecule has 0 spiro atoms. The number of thiophene rings is 1. The van der Waals surface area contributed by atoms with E-state index in [2.05, 4.69) is 25.3 Å². The first-order chi connectivity index (χ1) is 15.3. The molecule has 0 saturated carbocycles. The van der Waals surface area contributed by atoms with E-state index in [9.17, 15) is 9.59 Å². The van der Waals surface area contributed by atoms with Crippen molar-refractivity contribution in [1.82, 2.24) is 9.80 Å². The Bertz CT molecular complexity index is 924. The lowest BCUT2D eigenvalue weighted by molar-refractivity contribution is -0.144. The lowest BCUT2D eigenvalue weighted by Crippen LogP contribution is -2.49. The predicted octanol–water partition coefficient (Wildman–Crippen LogP) is 4.40. The van der Waals surface area contributed by atoms with Gasteiger partial charge in [-0.15, -0.1) is 11.3 Å². The molecule has 0 unspecified atom stereocenters. The van der Waals surface area contributed by atoms with E-state index in [-0.39, 0.29) is 30.3 Å². The first kappa shape index (κ1) is 24.1. The second-order valence-corrected chi connectivity index (χ2v) is 9.91. The van der Waals surface area contributed by atoms with Crippen molar-refractivity contribution >= 4 is 23.2 Å². The maximum absolute atomic E-state index is 13.4. The highest BCUT2D eigenvalue weighted by molar-refractivity contribution is 7.10. The predicted molar refractivity (Wildman–Crippen MR) is 127 cm³/mol. The second-order valence-electron chi connectivity index (χ2n) is 8.91. The fourth-order valence-electron chi connectivity index (χ4n) is 4.03. The van der Waals surface area contributed by atoms with E-state index in [4.69, 9.17) is 9.47 Å². The van der Waals surface area contributed by atoms with Gasteiger partial charge in [-0.25, -0.2) is 0 Å². The zero-order chi connectivity index (χ0) is 23.3. The van der Waals surface area contributed by atoms with Crippen LogP contribution in [0.15, 0.2) is 35.7 Å². The normalized spacial score (nSPS) is 15.6. The van der Waals surface area contributed by atoms with Crippen molar-refractivity contribution in [2.75, 3.05) is 33.4 Å². The molecule has 6 nitrogen and oxygen atoms in total. The standard InChI is InChI=1S/C25H34N2O4S/c1-17(2)14-26(25(29)18(3)4)15-24(28)27-11-9-23-21(10-12-32-23)22(27)16-31-20-8-6-7-19(13-20)30-5/h6-8,10,12-13,17-18,22H,9,11,14-16H2,1-5H3/t22-/m0/s1. The number of fused-ring (bicyclic) bond motifs is 1. The van der Waals surface area contributed by atoms with Crippen molar-refractivity contribution in [3.63, 3.8) is 0 Å². The molecule has 3 rings (SSSR count). The van der Waals surface area contributed by atoms with Gasteiger partial charge in [0.1, 0.15) is 18.1 Å². The number of hydrogen-bond donors (Lipinski definition) is 0. The quantitative estimate of drug-likeness (QED) is 0.559. The lowest BCUT2D eigenvalue weighted by atomic mass is 10.00. The second kappa shape index (κ2) is 10.9. The molecule has 1 aliphatic rings. The van der Waals surface area contributed by atoms with Gasteiger partial charge in [0.05, 0.1) is 19.7 Å². The van der Waals surface area contributed by atoms with Crippen LogP contribution in [0.4, 0.5) is 0 Å². The highest BCUT2D eigenvalue weighted by atomic mass is 32.1. The summed E-state index contributed by atoms with van der Waals surface area (Å²) in [6.07, 6.45) is 0.830. The Morgan fingerprint density at radius 3 is 2.62 bits per heavy atom. The highest BCUT2D eigenvalue weighted by Crippen LogP contribution is 2.34. The van der Waals surface area contributed by atoms with Crippen molar-refractivity contribution < 1.29 is 19.1 Å². The van der Waals surface area contributed by atoms with Crippen molar-refractivity contribution in [3.05, 3.63) is 46.2 Å². The Morgan fingerprint density at radius 1 is 1.19 bits per heavy atom. The molecule has 0 bridgehead atoms. The van der Waals surface area contributed by atoms with Crippen LogP contribution in [0, 0.1) is 11.8 Å². The zero-order valence-corrected chi connectivity index (χ0v) is 20.5. The molecule has 32 heavy (non-hydrogen) atoms. The summed E-state index contributed by atoms with van der Waals surface area (Å²) in [5.41, 5.74) is 1.14. The Labute approximate surface area is 195 Å². The van der Waals surface area contributed by atoms with Crippen molar-refractivity contribution in [2.24, 2.45) is 11.8 Å². The Hall–Kier alpha value is -2.54. The van der Waals surface area contributed by atoms with Crippen LogP contribution in [0.1, 0.15) is 44.2 Å². The number of nitrogens with zero attached hydrogens (tertiary/aromatic N) is 2. The summed E-state index contributed by atoms with van der Waals surface area (Å²) < 4.78 is 11.4. The molecule has 2 aromatic rings. The molecule has 0 aliphatic carbocycles. The minimum absolute atomic E-state index is 0.0180.